The molecule has 0 atom stereocenters. The van der Waals surface area contributed by atoms with Gasteiger partial charge < -0.3 is 10.1 Å². The van der Waals surface area contributed by atoms with Crippen LogP contribution < -0.4 is 15.5 Å². The van der Waals surface area contributed by atoms with Crippen LogP contribution in [0, 0.1) is 0 Å². The van der Waals surface area contributed by atoms with Gasteiger partial charge in [-0.25, -0.2) is 0 Å². The molecule has 0 saturated carbocycles. The summed E-state index contributed by atoms with van der Waals surface area (Å²) in [6, 6.07) is 15.1. The lowest BCUT2D eigenvalue weighted by molar-refractivity contribution is 0.415. The van der Waals surface area contributed by atoms with E-state index in [0.29, 0.717) is 10.1 Å². The van der Waals surface area contributed by atoms with Crippen LogP contribution in [-0.2, 0) is 0 Å². The van der Waals surface area contributed by atoms with Crippen LogP contribution in [0.1, 0.15) is 18.9 Å². The predicted molar refractivity (Wildman–Crippen MR) is 101 cm³/mol. The summed E-state index contributed by atoms with van der Waals surface area (Å²) in [4.78, 5) is 0. The minimum absolute atomic E-state index is 0.415. The van der Waals surface area contributed by atoms with Crippen molar-refractivity contribution < 1.29 is 4.74 Å². The Labute approximate surface area is 146 Å². The van der Waals surface area contributed by atoms with Gasteiger partial charge in [0.15, 0.2) is 5.11 Å². The number of methoxy groups -OCH3 is 1. The topological polar surface area (TPSA) is 45.7 Å². The second-order valence-corrected chi connectivity index (χ2v) is 5.56. The van der Waals surface area contributed by atoms with Crippen molar-refractivity contribution in [3.05, 3.63) is 59.1 Å². The molecule has 0 spiro atoms. The molecule has 2 aromatic rings. The molecule has 0 fully saturated rings. The number of hydrazone groups is 1. The summed E-state index contributed by atoms with van der Waals surface area (Å²) in [6.07, 6.45) is 0.774. The van der Waals surface area contributed by atoms with Crippen molar-refractivity contribution in [1.29, 1.82) is 0 Å². The molecule has 4 nitrogen and oxygen atoms in total. The van der Waals surface area contributed by atoms with Gasteiger partial charge in [0, 0.05) is 16.8 Å². The van der Waals surface area contributed by atoms with Crippen molar-refractivity contribution >= 4 is 40.3 Å². The lowest BCUT2D eigenvalue weighted by Gasteiger charge is -2.10. The lowest BCUT2D eigenvalue weighted by atomic mass is 10.1. The number of rotatable bonds is 5. The average Bonchev–Trinajstić information content (AvgIpc) is 2.57. The number of ether oxygens (including phenoxy) is 1. The standard InChI is InChI=1S/C17H18ClN3OS/c1-3-16(12-7-9-13(18)10-8-12)20-21-17(23)19-14-5-4-6-15(11-14)22-2/h4-11H,3H2,1-2H3,(H2,19,21,23)/b20-16+. The number of benzene rings is 2. The number of nitrogens with zero attached hydrogens (tertiary/aromatic N) is 1. The van der Waals surface area contributed by atoms with Crippen molar-refractivity contribution in [3.8, 4) is 5.75 Å². The lowest BCUT2D eigenvalue weighted by Crippen LogP contribution is -2.25. The number of halogens is 1. The van der Waals surface area contributed by atoms with Gasteiger partial charge in [0.05, 0.1) is 12.8 Å². The van der Waals surface area contributed by atoms with E-state index in [2.05, 4.69) is 15.8 Å². The summed E-state index contributed by atoms with van der Waals surface area (Å²) in [5, 5.41) is 8.55. The minimum atomic E-state index is 0.415. The Balaban J connectivity index is 2.01. The number of hydrogen-bond acceptors (Lipinski definition) is 3. The van der Waals surface area contributed by atoms with Crippen molar-refractivity contribution in [2.75, 3.05) is 12.4 Å². The molecule has 6 heteroatoms. The first-order valence-electron chi connectivity index (χ1n) is 7.16. The molecule has 0 aliphatic heterocycles. The fourth-order valence-electron chi connectivity index (χ4n) is 1.97. The van der Waals surface area contributed by atoms with Gasteiger partial charge in [0.2, 0.25) is 0 Å². The maximum absolute atomic E-state index is 5.91. The molecule has 0 saturated heterocycles. The summed E-state index contributed by atoms with van der Waals surface area (Å²) < 4.78 is 5.18. The van der Waals surface area contributed by atoms with Crippen molar-refractivity contribution in [2.24, 2.45) is 5.10 Å². The third kappa shape index (κ3) is 5.23. The highest BCUT2D eigenvalue weighted by Crippen LogP contribution is 2.16. The molecule has 0 aromatic heterocycles. The number of nitrogens with one attached hydrogen (secondary N) is 2. The van der Waals surface area contributed by atoms with Crippen LogP contribution in [0.4, 0.5) is 5.69 Å². The zero-order valence-electron chi connectivity index (χ0n) is 13.0. The van der Waals surface area contributed by atoms with Crippen LogP contribution in [0.2, 0.25) is 5.02 Å². The number of hydrogen-bond donors (Lipinski definition) is 2. The number of anilines is 1. The van der Waals surface area contributed by atoms with Crippen LogP contribution >= 0.6 is 23.8 Å². The Morgan fingerprint density at radius 3 is 2.61 bits per heavy atom. The van der Waals surface area contributed by atoms with Crippen LogP contribution in [0.5, 0.6) is 5.75 Å². The Bertz CT molecular complexity index is 701. The average molecular weight is 348 g/mol. The zero-order chi connectivity index (χ0) is 16.7. The molecule has 0 aliphatic carbocycles. The predicted octanol–water partition coefficient (Wildman–Crippen LogP) is 4.45. The first-order chi connectivity index (χ1) is 11.1. The molecule has 0 bridgehead atoms. The van der Waals surface area contributed by atoms with Gasteiger partial charge in [0.1, 0.15) is 5.75 Å². The van der Waals surface area contributed by atoms with E-state index in [4.69, 9.17) is 28.6 Å². The van der Waals surface area contributed by atoms with E-state index < -0.39 is 0 Å². The van der Waals surface area contributed by atoms with Crippen LogP contribution in [0.3, 0.4) is 0 Å². The van der Waals surface area contributed by atoms with Crippen LogP contribution in [0.25, 0.3) is 0 Å². The first kappa shape index (κ1) is 17.2. The molecule has 23 heavy (non-hydrogen) atoms. The second-order valence-electron chi connectivity index (χ2n) is 4.72. The SMILES string of the molecule is CC/C(=N\NC(=S)Nc1cccc(OC)c1)c1ccc(Cl)cc1. The summed E-state index contributed by atoms with van der Waals surface area (Å²) in [7, 11) is 1.62. The normalized spacial score (nSPS) is 11.0. The third-order valence-electron chi connectivity index (χ3n) is 3.13. The molecule has 0 heterocycles. The Morgan fingerprint density at radius 1 is 1.22 bits per heavy atom. The zero-order valence-corrected chi connectivity index (χ0v) is 14.5. The fourth-order valence-corrected chi connectivity index (χ4v) is 2.26. The Kier molecular flexibility index (Phi) is 6.38. The van der Waals surface area contributed by atoms with Crippen molar-refractivity contribution in [1.82, 2.24) is 5.43 Å². The largest absolute Gasteiger partial charge is 0.497 e. The highest BCUT2D eigenvalue weighted by Gasteiger charge is 2.03. The van der Waals surface area contributed by atoms with E-state index >= 15 is 0 Å². The highest BCUT2D eigenvalue weighted by molar-refractivity contribution is 7.80. The Hall–Kier alpha value is -2.11. The molecule has 120 valence electrons. The maximum Gasteiger partial charge on any atom is 0.191 e. The summed E-state index contributed by atoms with van der Waals surface area (Å²) in [6.45, 7) is 2.04. The summed E-state index contributed by atoms with van der Waals surface area (Å²) in [5.41, 5.74) is 5.61. The van der Waals surface area contributed by atoms with Crippen LogP contribution in [0.15, 0.2) is 53.6 Å². The molecule has 2 aromatic carbocycles. The molecule has 0 radical (unpaired) electrons. The monoisotopic (exact) mass is 347 g/mol. The van der Waals surface area contributed by atoms with E-state index in [0.717, 1.165) is 29.1 Å². The first-order valence-corrected chi connectivity index (χ1v) is 7.94. The van der Waals surface area contributed by atoms with E-state index in [1.54, 1.807) is 7.11 Å². The van der Waals surface area contributed by atoms with Gasteiger partial charge in [-0.05, 0) is 48.5 Å². The second kappa shape index (κ2) is 8.50. The minimum Gasteiger partial charge on any atom is -0.497 e. The third-order valence-corrected chi connectivity index (χ3v) is 3.58. The van der Waals surface area contributed by atoms with Gasteiger partial charge in [-0.15, -0.1) is 0 Å². The highest BCUT2D eigenvalue weighted by atomic mass is 35.5. The molecule has 2 rings (SSSR count). The smallest absolute Gasteiger partial charge is 0.191 e. The van der Waals surface area contributed by atoms with Crippen molar-refractivity contribution in [2.45, 2.75) is 13.3 Å². The quantitative estimate of drug-likeness (QED) is 0.476. The summed E-state index contributed by atoms with van der Waals surface area (Å²) >= 11 is 11.2. The molecule has 0 amide bonds. The van der Waals surface area contributed by atoms with E-state index in [1.807, 2.05) is 55.5 Å². The van der Waals surface area contributed by atoms with E-state index in [-0.39, 0.29) is 0 Å². The Morgan fingerprint density at radius 2 is 1.96 bits per heavy atom. The van der Waals surface area contributed by atoms with Gasteiger partial charge in [-0.2, -0.15) is 5.10 Å². The molecule has 2 N–H and O–H groups in total. The van der Waals surface area contributed by atoms with Crippen molar-refractivity contribution in [3.63, 3.8) is 0 Å². The molecule has 0 unspecified atom stereocenters. The van der Waals surface area contributed by atoms with E-state index in [9.17, 15) is 0 Å². The van der Waals surface area contributed by atoms with Gasteiger partial charge in [0.25, 0.3) is 0 Å². The molecular weight excluding hydrogens is 330 g/mol. The van der Waals surface area contributed by atoms with E-state index in [1.165, 1.54) is 0 Å². The van der Waals surface area contributed by atoms with Gasteiger partial charge in [-0.1, -0.05) is 36.7 Å². The molecular formula is C17H18ClN3OS. The summed E-state index contributed by atoms with van der Waals surface area (Å²) in [5.74, 6) is 0.761. The molecule has 0 aliphatic rings. The van der Waals surface area contributed by atoms with Gasteiger partial charge >= 0.3 is 0 Å². The fraction of sp³-hybridized carbons (Fsp3) is 0.176. The van der Waals surface area contributed by atoms with Gasteiger partial charge in [-0.3, -0.25) is 5.43 Å². The number of thiocarbonyl (C=S) groups is 1. The maximum atomic E-state index is 5.91. The van der Waals surface area contributed by atoms with Crippen LogP contribution in [-0.4, -0.2) is 17.9 Å².